The van der Waals surface area contributed by atoms with E-state index in [2.05, 4.69) is 16.0 Å². The van der Waals surface area contributed by atoms with Gasteiger partial charge in [-0.25, -0.2) is 0 Å². The smallest absolute Gasteiger partial charge is 0.242 e. The second-order valence-electron chi connectivity index (χ2n) is 4.55. The fourth-order valence-electron chi connectivity index (χ4n) is 2.26. The van der Waals surface area contributed by atoms with Gasteiger partial charge in [0.1, 0.15) is 6.04 Å². The van der Waals surface area contributed by atoms with Crippen molar-refractivity contribution in [3.63, 3.8) is 0 Å². The first kappa shape index (κ1) is 11.4. The van der Waals surface area contributed by atoms with Gasteiger partial charge < -0.3 is 16.0 Å². The molecule has 2 heterocycles. The lowest BCUT2D eigenvalue weighted by molar-refractivity contribution is -0.125. The molecule has 0 spiro atoms. The fourth-order valence-corrected chi connectivity index (χ4v) is 2.26. The summed E-state index contributed by atoms with van der Waals surface area (Å²) in [7, 11) is 0. The van der Waals surface area contributed by atoms with E-state index in [1.807, 2.05) is 0 Å². The quantitative estimate of drug-likeness (QED) is 0.608. The standard InChI is InChI=1S/C11H19N3O2/c15-10-5-4-9(14-10)11(16)13-7-8-3-1-2-6-12-8/h8-9,12H,1-7H2,(H,13,16)(H,14,15)/t8?,9-/m1/s1. The second kappa shape index (κ2) is 5.30. The summed E-state index contributed by atoms with van der Waals surface area (Å²) in [6.45, 7) is 1.71. The normalized spacial score (nSPS) is 29.9. The molecule has 0 aromatic rings. The van der Waals surface area contributed by atoms with E-state index in [1.54, 1.807) is 0 Å². The third-order valence-corrected chi connectivity index (χ3v) is 3.25. The highest BCUT2D eigenvalue weighted by Gasteiger charge is 2.27. The van der Waals surface area contributed by atoms with Crippen LogP contribution in [0.15, 0.2) is 0 Å². The molecule has 0 bridgehead atoms. The molecule has 0 saturated carbocycles. The molecule has 2 amide bonds. The summed E-state index contributed by atoms with van der Waals surface area (Å²) in [4.78, 5) is 22.6. The zero-order chi connectivity index (χ0) is 11.4. The topological polar surface area (TPSA) is 70.2 Å². The van der Waals surface area contributed by atoms with Crippen molar-refractivity contribution in [1.29, 1.82) is 0 Å². The predicted octanol–water partition coefficient (Wildman–Crippen LogP) is -0.477. The minimum atomic E-state index is -0.309. The van der Waals surface area contributed by atoms with E-state index in [9.17, 15) is 9.59 Å². The van der Waals surface area contributed by atoms with E-state index in [-0.39, 0.29) is 17.9 Å². The summed E-state index contributed by atoms with van der Waals surface area (Å²) in [5, 5.41) is 8.94. The Labute approximate surface area is 95.3 Å². The molecule has 1 unspecified atom stereocenters. The summed E-state index contributed by atoms with van der Waals surface area (Å²) in [5.41, 5.74) is 0. The van der Waals surface area contributed by atoms with Gasteiger partial charge in [0.25, 0.3) is 0 Å². The van der Waals surface area contributed by atoms with Crippen molar-refractivity contribution in [2.45, 2.75) is 44.2 Å². The molecule has 0 aromatic carbocycles. The molecule has 16 heavy (non-hydrogen) atoms. The third-order valence-electron chi connectivity index (χ3n) is 3.25. The molecule has 2 fully saturated rings. The molecule has 0 aromatic heterocycles. The van der Waals surface area contributed by atoms with Crippen LogP contribution in [0.5, 0.6) is 0 Å². The molecule has 5 heteroatoms. The summed E-state index contributed by atoms with van der Waals surface area (Å²) >= 11 is 0. The van der Waals surface area contributed by atoms with E-state index in [4.69, 9.17) is 0 Å². The first-order chi connectivity index (χ1) is 7.75. The molecule has 5 nitrogen and oxygen atoms in total. The van der Waals surface area contributed by atoms with Crippen LogP contribution in [0.3, 0.4) is 0 Å². The van der Waals surface area contributed by atoms with Crippen LogP contribution in [0.4, 0.5) is 0 Å². The van der Waals surface area contributed by atoms with Crippen LogP contribution in [0.25, 0.3) is 0 Å². The Kier molecular flexibility index (Phi) is 3.77. The lowest BCUT2D eigenvalue weighted by atomic mass is 10.1. The van der Waals surface area contributed by atoms with Gasteiger partial charge in [0.05, 0.1) is 0 Å². The average Bonchev–Trinajstić information content (AvgIpc) is 2.74. The maximum Gasteiger partial charge on any atom is 0.242 e. The summed E-state index contributed by atoms with van der Waals surface area (Å²) in [5.74, 6) is -0.0610. The van der Waals surface area contributed by atoms with Crippen LogP contribution in [-0.2, 0) is 9.59 Å². The summed E-state index contributed by atoms with van der Waals surface area (Å²) < 4.78 is 0. The predicted molar refractivity (Wildman–Crippen MR) is 59.8 cm³/mol. The van der Waals surface area contributed by atoms with Gasteiger partial charge in [0.15, 0.2) is 0 Å². The van der Waals surface area contributed by atoms with Gasteiger partial charge in [-0.15, -0.1) is 0 Å². The number of carbonyl (C=O) groups is 2. The maximum atomic E-state index is 11.7. The molecular formula is C11H19N3O2. The van der Waals surface area contributed by atoms with Crippen LogP contribution < -0.4 is 16.0 Å². The van der Waals surface area contributed by atoms with Crippen LogP contribution in [-0.4, -0.2) is 37.0 Å². The number of hydrogen-bond donors (Lipinski definition) is 3. The number of piperidine rings is 1. The number of carbonyl (C=O) groups excluding carboxylic acids is 2. The van der Waals surface area contributed by atoms with Crippen LogP contribution in [0.2, 0.25) is 0 Å². The van der Waals surface area contributed by atoms with Gasteiger partial charge in [-0.1, -0.05) is 6.42 Å². The summed E-state index contributed by atoms with van der Waals surface area (Å²) in [6, 6.07) is 0.0888. The van der Waals surface area contributed by atoms with Crippen molar-refractivity contribution in [3.8, 4) is 0 Å². The minimum Gasteiger partial charge on any atom is -0.353 e. The number of rotatable bonds is 3. The van der Waals surface area contributed by atoms with Crippen molar-refractivity contribution < 1.29 is 9.59 Å². The van der Waals surface area contributed by atoms with Crippen molar-refractivity contribution in [2.24, 2.45) is 0 Å². The summed E-state index contributed by atoms with van der Waals surface area (Å²) in [6.07, 6.45) is 4.68. The molecule has 2 atom stereocenters. The van der Waals surface area contributed by atoms with E-state index in [1.165, 1.54) is 12.8 Å². The Balaban J connectivity index is 1.68. The largest absolute Gasteiger partial charge is 0.353 e. The van der Waals surface area contributed by atoms with Gasteiger partial charge >= 0.3 is 0 Å². The average molecular weight is 225 g/mol. The molecular weight excluding hydrogens is 206 g/mol. The van der Waals surface area contributed by atoms with E-state index in [0.29, 0.717) is 25.4 Å². The fraction of sp³-hybridized carbons (Fsp3) is 0.818. The number of amides is 2. The molecule has 2 rings (SSSR count). The zero-order valence-electron chi connectivity index (χ0n) is 9.42. The van der Waals surface area contributed by atoms with Gasteiger partial charge in [0, 0.05) is 19.0 Å². The highest BCUT2D eigenvalue weighted by Crippen LogP contribution is 2.08. The SMILES string of the molecule is O=C1CC[C@H](C(=O)NCC2CCCCN2)N1. The third kappa shape index (κ3) is 2.95. The highest BCUT2D eigenvalue weighted by atomic mass is 16.2. The molecule has 0 radical (unpaired) electrons. The lowest BCUT2D eigenvalue weighted by Gasteiger charge is -2.24. The number of hydrogen-bond acceptors (Lipinski definition) is 3. The Hall–Kier alpha value is -1.10. The van der Waals surface area contributed by atoms with Gasteiger partial charge in [0.2, 0.25) is 11.8 Å². The van der Waals surface area contributed by atoms with Crippen molar-refractivity contribution in [1.82, 2.24) is 16.0 Å². The Bertz CT molecular complexity index is 274. The molecule has 2 aliphatic rings. The van der Waals surface area contributed by atoms with Crippen molar-refractivity contribution in [2.75, 3.05) is 13.1 Å². The van der Waals surface area contributed by atoms with E-state index in [0.717, 1.165) is 13.0 Å². The number of nitrogens with one attached hydrogen (secondary N) is 3. The van der Waals surface area contributed by atoms with Crippen LogP contribution in [0.1, 0.15) is 32.1 Å². The Morgan fingerprint density at radius 2 is 2.25 bits per heavy atom. The Morgan fingerprint density at radius 3 is 2.88 bits per heavy atom. The molecule has 3 N–H and O–H groups in total. The highest BCUT2D eigenvalue weighted by molar-refractivity contribution is 5.90. The van der Waals surface area contributed by atoms with E-state index < -0.39 is 0 Å². The van der Waals surface area contributed by atoms with Crippen molar-refractivity contribution in [3.05, 3.63) is 0 Å². The lowest BCUT2D eigenvalue weighted by Crippen LogP contribution is -2.48. The van der Waals surface area contributed by atoms with Crippen LogP contribution in [0, 0.1) is 0 Å². The Morgan fingerprint density at radius 1 is 1.38 bits per heavy atom. The van der Waals surface area contributed by atoms with Gasteiger partial charge in [-0.2, -0.15) is 0 Å². The monoisotopic (exact) mass is 225 g/mol. The zero-order valence-corrected chi connectivity index (χ0v) is 9.42. The minimum absolute atomic E-state index is 0.0176. The first-order valence-electron chi connectivity index (χ1n) is 6.06. The molecule has 2 saturated heterocycles. The molecule has 90 valence electrons. The van der Waals surface area contributed by atoms with E-state index >= 15 is 0 Å². The van der Waals surface area contributed by atoms with Gasteiger partial charge in [-0.05, 0) is 25.8 Å². The second-order valence-corrected chi connectivity index (χ2v) is 4.55. The first-order valence-corrected chi connectivity index (χ1v) is 6.06. The van der Waals surface area contributed by atoms with Crippen LogP contribution >= 0.6 is 0 Å². The molecule has 0 aliphatic carbocycles. The van der Waals surface area contributed by atoms with Crippen molar-refractivity contribution >= 4 is 11.8 Å². The molecule has 2 aliphatic heterocycles. The van der Waals surface area contributed by atoms with Gasteiger partial charge in [-0.3, -0.25) is 9.59 Å². The maximum absolute atomic E-state index is 11.7.